The molecule has 26 heavy (non-hydrogen) atoms. The number of methoxy groups -OCH3 is 1. The van der Waals surface area contributed by atoms with Gasteiger partial charge in [0, 0.05) is 12.2 Å². The smallest absolute Gasteiger partial charge is 0.337 e. The van der Waals surface area contributed by atoms with Crippen LogP contribution in [0.25, 0.3) is 0 Å². The summed E-state index contributed by atoms with van der Waals surface area (Å²) < 4.78 is 4.67. The van der Waals surface area contributed by atoms with E-state index in [9.17, 15) is 4.79 Å². The number of hydrogen-bond donors (Lipinski definition) is 1. The normalized spacial score (nSPS) is 9.46. The summed E-state index contributed by atoms with van der Waals surface area (Å²) in [4.78, 5) is 11.5. The van der Waals surface area contributed by atoms with Crippen molar-refractivity contribution in [2.24, 2.45) is 0 Å². The Hall–Kier alpha value is -2.81. The van der Waals surface area contributed by atoms with Crippen LogP contribution in [0.15, 0.2) is 80.6 Å². The van der Waals surface area contributed by atoms with Crippen LogP contribution in [0.5, 0.6) is 0 Å². The summed E-state index contributed by atoms with van der Waals surface area (Å²) in [6, 6.07) is 6.39. The van der Waals surface area contributed by atoms with Crippen LogP contribution in [-0.4, -0.2) is 13.1 Å². The summed E-state index contributed by atoms with van der Waals surface area (Å²) in [5.41, 5.74) is 4.60. The minimum absolute atomic E-state index is 0.372. The highest BCUT2D eigenvalue weighted by atomic mass is 16.5. The fourth-order valence-electron chi connectivity index (χ4n) is 2.11. The van der Waals surface area contributed by atoms with Gasteiger partial charge < -0.3 is 10.1 Å². The van der Waals surface area contributed by atoms with E-state index in [4.69, 9.17) is 0 Å². The Morgan fingerprint density at radius 1 is 1.15 bits per heavy atom. The van der Waals surface area contributed by atoms with Crippen molar-refractivity contribution in [2.45, 2.75) is 33.7 Å². The van der Waals surface area contributed by atoms with Gasteiger partial charge in [0.1, 0.15) is 0 Å². The van der Waals surface area contributed by atoms with Crippen molar-refractivity contribution >= 4 is 5.97 Å². The molecule has 0 aliphatic carbocycles. The maximum atomic E-state index is 11.5. The first-order valence-electron chi connectivity index (χ1n) is 8.55. The summed E-state index contributed by atoms with van der Waals surface area (Å²) >= 11 is 0. The highest BCUT2D eigenvalue weighted by Crippen LogP contribution is 2.11. The van der Waals surface area contributed by atoms with Gasteiger partial charge in [-0.3, -0.25) is 0 Å². The van der Waals surface area contributed by atoms with Gasteiger partial charge in [0.05, 0.1) is 12.7 Å². The predicted molar refractivity (Wildman–Crippen MR) is 114 cm³/mol. The van der Waals surface area contributed by atoms with Crippen LogP contribution in [0, 0.1) is 6.92 Å². The lowest BCUT2D eigenvalue weighted by Crippen LogP contribution is -2.12. The molecule has 0 aliphatic rings. The van der Waals surface area contributed by atoms with Crippen LogP contribution in [0.3, 0.4) is 0 Å². The molecule has 0 bridgehead atoms. The second kappa shape index (κ2) is 15.7. The Morgan fingerprint density at radius 3 is 2.23 bits per heavy atom. The van der Waals surface area contributed by atoms with E-state index in [-0.39, 0.29) is 0 Å². The monoisotopic (exact) mass is 355 g/mol. The highest BCUT2D eigenvalue weighted by molar-refractivity contribution is 5.91. The van der Waals surface area contributed by atoms with Gasteiger partial charge in [-0.15, -0.1) is 19.7 Å². The van der Waals surface area contributed by atoms with E-state index in [2.05, 4.69) is 68.1 Å². The molecule has 1 rings (SSSR count). The first-order chi connectivity index (χ1) is 12.5. The number of ether oxygens (including phenoxy) is 1. The van der Waals surface area contributed by atoms with Crippen molar-refractivity contribution in [3.05, 3.63) is 97.3 Å². The lowest BCUT2D eigenvalue weighted by atomic mass is 10.0. The van der Waals surface area contributed by atoms with Crippen molar-refractivity contribution in [3.63, 3.8) is 0 Å². The summed E-state index contributed by atoms with van der Waals surface area (Å²) in [6.07, 6.45) is 5.81. The van der Waals surface area contributed by atoms with E-state index >= 15 is 0 Å². The van der Waals surface area contributed by atoms with Gasteiger partial charge in [-0.2, -0.15) is 0 Å². The average Bonchev–Trinajstić information content (AvgIpc) is 2.67. The number of aryl methyl sites for hydroxylation is 1. The standard InChI is InChI=1S/C19H23NO2.C2H6.C2H4/c1-6-8-16-9-14(3)10-17(12-16)13-20-15(4)11-18(7-2)19(21)22-5;2*1-2/h6-7,9-12,20H,1-2,4,8,13H2,3,5H3;1-2H3;1-2H2/b18-11+;;. The summed E-state index contributed by atoms with van der Waals surface area (Å²) in [5, 5.41) is 3.19. The molecule has 1 aromatic carbocycles. The number of nitrogens with one attached hydrogen (secondary N) is 1. The molecule has 1 N–H and O–H groups in total. The molecule has 3 heteroatoms. The molecule has 0 aromatic heterocycles. The second-order valence-corrected chi connectivity index (χ2v) is 4.99. The topological polar surface area (TPSA) is 38.3 Å². The third-order valence-electron chi connectivity index (χ3n) is 3.07. The van der Waals surface area contributed by atoms with Crippen molar-refractivity contribution in [1.29, 1.82) is 0 Å². The Kier molecular flexibility index (Phi) is 15.4. The molecule has 0 amide bonds. The van der Waals surface area contributed by atoms with Crippen molar-refractivity contribution in [3.8, 4) is 0 Å². The van der Waals surface area contributed by atoms with Crippen molar-refractivity contribution < 1.29 is 9.53 Å². The molecule has 0 unspecified atom stereocenters. The molecule has 142 valence electrons. The van der Waals surface area contributed by atoms with Crippen LogP contribution in [0.4, 0.5) is 0 Å². The van der Waals surface area contributed by atoms with E-state index < -0.39 is 5.97 Å². The zero-order valence-corrected chi connectivity index (χ0v) is 16.7. The molecule has 0 heterocycles. The minimum Gasteiger partial charge on any atom is -0.465 e. The van der Waals surface area contributed by atoms with Crippen LogP contribution < -0.4 is 5.32 Å². The Morgan fingerprint density at radius 2 is 1.73 bits per heavy atom. The molecule has 3 nitrogen and oxygen atoms in total. The Labute approximate surface area is 159 Å². The van der Waals surface area contributed by atoms with Gasteiger partial charge in [-0.1, -0.05) is 62.9 Å². The Balaban J connectivity index is 0. The SMILES string of the molecule is C=C.C=CCc1cc(C)cc(CNC(=C)/C=C(\C=C)C(=O)OC)c1.CC. The summed E-state index contributed by atoms with van der Waals surface area (Å²) in [7, 11) is 1.34. The second-order valence-electron chi connectivity index (χ2n) is 4.99. The van der Waals surface area contributed by atoms with E-state index in [1.165, 1.54) is 24.3 Å². The molecule has 0 aliphatic heterocycles. The van der Waals surface area contributed by atoms with E-state index in [1.807, 2.05) is 19.9 Å². The fraction of sp³-hybridized carbons (Fsp3) is 0.261. The first-order valence-corrected chi connectivity index (χ1v) is 8.55. The largest absolute Gasteiger partial charge is 0.465 e. The van der Waals surface area contributed by atoms with Gasteiger partial charge in [-0.25, -0.2) is 4.79 Å². The number of carbonyl (C=O) groups is 1. The third-order valence-corrected chi connectivity index (χ3v) is 3.07. The molecule has 0 radical (unpaired) electrons. The molecule has 0 atom stereocenters. The number of carbonyl (C=O) groups excluding carboxylic acids is 1. The van der Waals surface area contributed by atoms with E-state index in [0.717, 1.165) is 12.0 Å². The number of rotatable bonds is 8. The zero-order valence-electron chi connectivity index (χ0n) is 16.7. The number of esters is 1. The van der Waals surface area contributed by atoms with E-state index in [0.29, 0.717) is 17.8 Å². The average molecular weight is 356 g/mol. The van der Waals surface area contributed by atoms with Gasteiger partial charge in [0.2, 0.25) is 0 Å². The molecule has 0 fully saturated rings. The fourth-order valence-corrected chi connectivity index (χ4v) is 2.11. The maximum absolute atomic E-state index is 11.5. The summed E-state index contributed by atoms with van der Waals surface area (Å²) in [5.74, 6) is -0.429. The van der Waals surface area contributed by atoms with Crippen molar-refractivity contribution in [1.82, 2.24) is 5.32 Å². The molecule has 1 aromatic rings. The van der Waals surface area contributed by atoms with Crippen LogP contribution in [-0.2, 0) is 22.5 Å². The van der Waals surface area contributed by atoms with Gasteiger partial charge in [0.15, 0.2) is 0 Å². The van der Waals surface area contributed by atoms with Crippen LogP contribution in [0.1, 0.15) is 30.5 Å². The molecular weight excluding hydrogens is 322 g/mol. The Bertz CT molecular complexity index is 627. The lowest BCUT2D eigenvalue weighted by molar-refractivity contribution is -0.135. The van der Waals surface area contributed by atoms with E-state index in [1.54, 1.807) is 6.08 Å². The highest BCUT2D eigenvalue weighted by Gasteiger charge is 2.05. The van der Waals surface area contributed by atoms with Crippen LogP contribution in [0.2, 0.25) is 0 Å². The number of allylic oxidation sites excluding steroid dienone is 2. The predicted octanol–water partition coefficient (Wildman–Crippen LogP) is 5.44. The third kappa shape index (κ3) is 10.1. The first kappa shape index (κ1) is 25.4. The summed E-state index contributed by atoms with van der Waals surface area (Å²) in [6.45, 7) is 24.0. The minimum atomic E-state index is -0.429. The molecular formula is C23H33NO2. The lowest BCUT2D eigenvalue weighted by Gasteiger charge is -2.10. The van der Waals surface area contributed by atoms with Crippen molar-refractivity contribution in [2.75, 3.05) is 7.11 Å². The number of benzene rings is 1. The van der Waals surface area contributed by atoms with Gasteiger partial charge >= 0.3 is 5.97 Å². The molecule has 0 spiro atoms. The molecule has 0 saturated carbocycles. The number of hydrogen-bond acceptors (Lipinski definition) is 3. The quantitative estimate of drug-likeness (QED) is 0.292. The maximum Gasteiger partial charge on any atom is 0.337 e. The van der Waals surface area contributed by atoms with Gasteiger partial charge in [0.25, 0.3) is 0 Å². The molecule has 0 saturated heterocycles. The zero-order chi connectivity index (χ0) is 20.5. The van der Waals surface area contributed by atoms with Gasteiger partial charge in [-0.05, 0) is 30.5 Å². The van der Waals surface area contributed by atoms with Crippen LogP contribution >= 0.6 is 0 Å².